The van der Waals surface area contributed by atoms with Gasteiger partial charge in [0.2, 0.25) is 0 Å². The Morgan fingerprint density at radius 3 is 1.83 bits per heavy atom. The number of thioether (sulfide) groups is 1. The second-order valence-electron chi connectivity index (χ2n) is 6.42. The van der Waals surface area contributed by atoms with Crippen molar-refractivity contribution in [1.82, 2.24) is 0 Å². The van der Waals surface area contributed by atoms with Crippen LogP contribution in [0.15, 0.2) is 66.7 Å². The molecule has 2 atom stereocenters. The molecule has 0 aliphatic carbocycles. The first-order valence-corrected chi connectivity index (χ1v) is 10.5. The molecule has 0 spiro atoms. The summed E-state index contributed by atoms with van der Waals surface area (Å²) in [6, 6.07) is 17.7. The first-order valence-electron chi connectivity index (χ1n) is 8.79. The first-order chi connectivity index (χ1) is 13.8. The van der Waals surface area contributed by atoms with Crippen LogP contribution in [-0.4, -0.2) is 16.6 Å². The molecule has 7 heteroatoms. The van der Waals surface area contributed by atoms with Gasteiger partial charge < -0.3 is 9.84 Å². The Bertz CT molecular complexity index is 905. The van der Waals surface area contributed by atoms with Crippen molar-refractivity contribution in [2.45, 2.75) is 23.7 Å². The van der Waals surface area contributed by atoms with Crippen LogP contribution in [0.3, 0.4) is 0 Å². The van der Waals surface area contributed by atoms with Gasteiger partial charge in [0.1, 0.15) is 5.82 Å². The Hall–Kier alpha value is -1.79. The molecule has 0 heterocycles. The summed E-state index contributed by atoms with van der Waals surface area (Å²) in [7, 11) is 0. The van der Waals surface area contributed by atoms with E-state index < -0.39 is 23.2 Å². The van der Waals surface area contributed by atoms with Crippen LogP contribution >= 0.6 is 35.0 Å². The second-order valence-corrected chi connectivity index (χ2v) is 8.50. The minimum absolute atomic E-state index is 0.129. The van der Waals surface area contributed by atoms with E-state index in [-0.39, 0.29) is 11.0 Å². The third-order valence-corrected chi connectivity index (χ3v) is 6.23. The molecule has 0 bridgehead atoms. The lowest BCUT2D eigenvalue weighted by atomic mass is 10.0. The Morgan fingerprint density at radius 1 is 0.862 bits per heavy atom. The van der Waals surface area contributed by atoms with E-state index in [1.807, 2.05) is 24.3 Å². The van der Waals surface area contributed by atoms with Crippen LogP contribution in [0.2, 0.25) is 10.0 Å². The van der Waals surface area contributed by atoms with Crippen molar-refractivity contribution in [1.29, 1.82) is 0 Å². The number of rotatable bonds is 7. The highest BCUT2D eigenvalue weighted by Gasteiger charge is 2.26. The molecule has 0 aliphatic heterocycles. The van der Waals surface area contributed by atoms with Crippen molar-refractivity contribution in [2.24, 2.45) is 0 Å². The summed E-state index contributed by atoms with van der Waals surface area (Å²) in [5.41, 5.74) is 1.04. The Kier molecular flexibility index (Phi) is 7.41. The summed E-state index contributed by atoms with van der Waals surface area (Å²) in [6.07, 6.45) is -0.924. The maximum Gasteiger partial charge on any atom is 0.171 e. The molecule has 0 saturated carbocycles. The van der Waals surface area contributed by atoms with Gasteiger partial charge in [-0.2, -0.15) is 0 Å². The van der Waals surface area contributed by atoms with Gasteiger partial charge in [-0.25, -0.2) is 8.78 Å². The number of ether oxygens (including phenoxy) is 1. The molecular formula is C22H18Cl2F2O2S. The van der Waals surface area contributed by atoms with Crippen LogP contribution in [0.5, 0.6) is 5.75 Å². The van der Waals surface area contributed by atoms with Crippen LogP contribution in [0.25, 0.3) is 0 Å². The fourth-order valence-electron chi connectivity index (χ4n) is 2.69. The quantitative estimate of drug-likeness (QED) is 0.394. The zero-order valence-corrected chi connectivity index (χ0v) is 17.7. The topological polar surface area (TPSA) is 29.5 Å². The van der Waals surface area contributed by atoms with Gasteiger partial charge in [0.15, 0.2) is 17.0 Å². The third-order valence-electron chi connectivity index (χ3n) is 4.15. The molecule has 2 unspecified atom stereocenters. The predicted molar refractivity (Wildman–Crippen MR) is 115 cm³/mol. The summed E-state index contributed by atoms with van der Waals surface area (Å²) in [5, 5.41) is 11.2. The van der Waals surface area contributed by atoms with Gasteiger partial charge in [-0.3, -0.25) is 0 Å². The Balaban J connectivity index is 1.92. The van der Waals surface area contributed by atoms with E-state index in [2.05, 4.69) is 0 Å². The SMILES string of the molecule is CC(O)C(Oc1ccc(F)cc1F)SC(c1ccc(Cl)cc1)c1ccc(Cl)cc1. The molecule has 3 aromatic carbocycles. The second kappa shape index (κ2) is 9.81. The zero-order chi connectivity index (χ0) is 21.0. The van der Waals surface area contributed by atoms with E-state index in [1.54, 1.807) is 31.2 Å². The van der Waals surface area contributed by atoms with Gasteiger partial charge in [-0.15, -0.1) is 11.8 Å². The van der Waals surface area contributed by atoms with Gasteiger partial charge in [0.25, 0.3) is 0 Å². The van der Waals surface area contributed by atoms with E-state index in [4.69, 9.17) is 27.9 Å². The third kappa shape index (κ3) is 5.86. The average molecular weight is 455 g/mol. The zero-order valence-electron chi connectivity index (χ0n) is 15.4. The molecule has 3 aromatic rings. The molecule has 2 nitrogen and oxygen atoms in total. The molecule has 0 fully saturated rings. The largest absolute Gasteiger partial charge is 0.474 e. The van der Waals surface area contributed by atoms with E-state index in [9.17, 15) is 13.9 Å². The van der Waals surface area contributed by atoms with Crippen LogP contribution in [0.4, 0.5) is 8.78 Å². The summed E-state index contributed by atoms with van der Waals surface area (Å²) >= 11 is 13.3. The smallest absolute Gasteiger partial charge is 0.171 e. The molecule has 0 aromatic heterocycles. The molecular weight excluding hydrogens is 437 g/mol. The molecule has 0 radical (unpaired) electrons. The van der Waals surface area contributed by atoms with Crippen molar-refractivity contribution in [3.05, 3.63) is 99.5 Å². The molecule has 0 aliphatic rings. The van der Waals surface area contributed by atoms with Crippen LogP contribution in [0, 0.1) is 11.6 Å². The minimum Gasteiger partial charge on any atom is -0.474 e. The number of halogens is 4. The number of benzene rings is 3. The van der Waals surface area contributed by atoms with E-state index >= 15 is 0 Å². The molecule has 1 N–H and O–H groups in total. The minimum atomic E-state index is -0.924. The maximum absolute atomic E-state index is 14.1. The molecule has 0 amide bonds. The van der Waals surface area contributed by atoms with Crippen LogP contribution < -0.4 is 4.74 Å². The van der Waals surface area contributed by atoms with Crippen molar-refractivity contribution >= 4 is 35.0 Å². The van der Waals surface area contributed by atoms with E-state index in [0.29, 0.717) is 10.0 Å². The fourth-order valence-corrected chi connectivity index (χ4v) is 4.23. The lowest BCUT2D eigenvalue weighted by Gasteiger charge is -2.27. The maximum atomic E-state index is 14.1. The predicted octanol–water partition coefficient (Wildman–Crippen LogP) is 6.88. The van der Waals surface area contributed by atoms with Crippen molar-refractivity contribution in [2.75, 3.05) is 0 Å². The summed E-state index contributed by atoms with van der Waals surface area (Å²) in [4.78, 5) is 0. The highest BCUT2D eigenvalue weighted by Crippen LogP contribution is 2.41. The van der Waals surface area contributed by atoms with Crippen LogP contribution in [0.1, 0.15) is 23.3 Å². The highest BCUT2D eigenvalue weighted by molar-refractivity contribution is 8.00. The molecule has 152 valence electrons. The monoisotopic (exact) mass is 454 g/mol. The molecule has 29 heavy (non-hydrogen) atoms. The number of aliphatic hydroxyl groups excluding tert-OH is 1. The normalized spacial score (nSPS) is 13.3. The van der Waals surface area contributed by atoms with Gasteiger partial charge in [0, 0.05) is 16.1 Å². The Morgan fingerprint density at radius 2 is 1.38 bits per heavy atom. The van der Waals surface area contributed by atoms with E-state index in [0.717, 1.165) is 23.3 Å². The summed E-state index contributed by atoms with van der Waals surface area (Å²) < 4.78 is 33.0. The van der Waals surface area contributed by atoms with Crippen molar-refractivity contribution in [3.8, 4) is 5.75 Å². The lowest BCUT2D eigenvalue weighted by molar-refractivity contribution is 0.0986. The lowest BCUT2D eigenvalue weighted by Crippen LogP contribution is -2.27. The Labute approximate surface area is 182 Å². The number of hydrogen-bond donors (Lipinski definition) is 1. The van der Waals surface area contributed by atoms with Gasteiger partial charge in [0.05, 0.1) is 11.4 Å². The fraction of sp³-hybridized carbons (Fsp3) is 0.182. The molecule has 3 rings (SSSR count). The average Bonchev–Trinajstić information content (AvgIpc) is 2.68. The standard InChI is InChI=1S/C22H18Cl2F2O2S/c1-13(27)22(28-20-11-10-18(25)12-19(20)26)29-21(14-2-6-16(23)7-3-14)15-4-8-17(24)9-5-15/h2-13,21-22,27H,1H3. The summed E-state index contributed by atoms with van der Waals surface area (Å²) in [5.74, 6) is -1.65. The molecule has 0 saturated heterocycles. The number of hydrogen-bond acceptors (Lipinski definition) is 3. The van der Waals surface area contributed by atoms with Gasteiger partial charge >= 0.3 is 0 Å². The summed E-state index contributed by atoms with van der Waals surface area (Å²) in [6.45, 7) is 1.56. The first kappa shape index (κ1) is 21.9. The van der Waals surface area contributed by atoms with Gasteiger partial charge in [-0.1, -0.05) is 47.5 Å². The van der Waals surface area contributed by atoms with Crippen molar-refractivity contribution < 1.29 is 18.6 Å². The van der Waals surface area contributed by atoms with Gasteiger partial charge in [-0.05, 0) is 54.4 Å². The van der Waals surface area contributed by atoms with Crippen LogP contribution in [-0.2, 0) is 0 Å². The van der Waals surface area contributed by atoms with E-state index in [1.165, 1.54) is 17.8 Å². The highest BCUT2D eigenvalue weighted by atomic mass is 35.5. The number of aliphatic hydroxyl groups is 1. The van der Waals surface area contributed by atoms with Crippen molar-refractivity contribution in [3.63, 3.8) is 0 Å².